The lowest BCUT2D eigenvalue weighted by molar-refractivity contribution is -0.134. The standard InChI is InChI=1S/C22H24Br2ClN3O3/c1-13(2)22(30)28-8-6-27(7-9-28)19-5-4-15(25)12-18(19)26-21(29)16-10-14(23)11-17(24)20(16)31-3/h4-5,10-13H,6-9H2,1-3H3,(H,26,29). The Hall–Kier alpha value is -1.77. The summed E-state index contributed by atoms with van der Waals surface area (Å²) in [7, 11) is 1.52. The van der Waals surface area contributed by atoms with E-state index >= 15 is 0 Å². The van der Waals surface area contributed by atoms with Crippen LogP contribution in [0, 0.1) is 5.92 Å². The molecule has 0 spiro atoms. The summed E-state index contributed by atoms with van der Waals surface area (Å²) in [5.41, 5.74) is 1.86. The monoisotopic (exact) mass is 571 g/mol. The van der Waals surface area contributed by atoms with Gasteiger partial charge in [0.2, 0.25) is 5.91 Å². The van der Waals surface area contributed by atoms with Gasteiger partial charge in [-0.3, -0.25) is 9.59 Å². The zero-order valence-corrected chi connectivity index (χ0v) is 21.5. The number of benzene rings is 2. The Morgan fingerprint density at radius 1 is 1.10 bits per heavy atom. The molecule has 2 aromatic rings. The molecule has 0 unspecified atom stereocenters. The first-order valence-corrected chi connectivity index (χ1v) is 11.8. The summed E-state index contributed by atoms with van der Waals surface area (Å²) in [5, 5.41) is 3.50. The van der Waals surface area contributed by atoms with Gasteiger partial charge in [0.05, 0.1) is 28.5 Å². The van der Waals surface area contributed by atoms with Gasteiger partial charge in [-0.1, -0.05) is 41.4 Å². The summed E-state index contributed by atoms with van der Waals surface area (Å²) >= 11 is 13.1. The zero-order valence-electron chi connectivity index (χ0n) is 17.5. The molecule has 3 rings (SSSR count). The van der Waals surface area contributed by atoms with E-state index in [9.17, 15) is 9.59 Å². The van der Waals surface area contributed by atoms with Crippen molar-refractivity contribution in [2.45, 2.75) is 13.8 Å². The molecule has 0 aromatic heterocycles. The second-order valence-electron chi connectivity index (χ2n) is 7.55. The van der Waals surface area contributed by atoms with Gasteiger partial charge in [-0.15, -0.1) is 0 Å². The number of anilines is 2. The first-order valence-electron chi connectivity index (χ1n) is 9.89. The minimum Gasteiger partial charge on any atom is -0.495 e. The highest BCUT2D eigenvalue weighted by Gasteiger charge is 2.25. The molecule has 2 amide bonds. The SMILES string of the molecule is COc1c(Br)cc(Br)cc1C(=O)Nc1cc(Cl)ccc1N1CCN(C(=O)C(C)C)CC1. The molecule has 1 aliphatic rings. The van der Waals surface area contributed by atoms with Crippen molar-refractivity contribution < 1.29 is 14.3 Å². The van der Waals surface area contributed by atoms with E-state index in [0.29, 0.717) is 52.7 Å². The van der Waals surface area contributed by atoms with Crippen molar-refractivity contribution in [2.75, 3.05) is 43.5 Å². The minimum atomic E-state index is -0.309. The first-order chi connectivity index (χ1) is 14.7. The highest BCUT2D eigenvalue weighted by molar-refractivity contribution is 9.11. The van der Waals surface area contributed by atoms with E-state index in [1.165, 1.54) is 7.11 Å². The van der Waals surface area contributed by atoms with Crippen LogP contribution >= 0.6 is 43.5 Å². The number of ether oxygens (including phenoxy) is 1. The van der Waals surface area contributed by atoms with E-state index in [-0.39, 0.29) is 17.7 Å². The number of carbonyl (C=O) groups excluding carboxylic acids is 2. The molecule has 1 aliphatic heterocycles. The van der Waals surface area contributed by atoms with Crippen molar-refractivity contribution in [3.63, 3.8) is 0 Å². The zero-order chi connectivity index (χ0) is 22.7. The summed E-state index contributed by atoms with van der Waals surface area (Å²) in [5.74, 6) is 0.286. The normalized spacial score (nSPS) is 14.0. The second kappa shape index (κ2) is 10.2. The molecule has 1 heterocycles. The van der Waals surface area contributed by atoms with Crippen molar-refractivity contribution in [1.29, 1.82) is 0 Å². The second-order valence-corrected chi connectivity index (χ2v) is 9.76. The van der Waals surface area contributed by atoms with Gasteiger partial charge in [-0.05, 0) is 46.3 Å². The largest absolute Gasteiger partial charge is 0.495 e. The molecule has 6 nitrogen and oxygen atoms in total. The lowest BCUT2D eigenvalue weighted by Crippen LogP contribution is -2.50. The number of hydrogen-bond donors (Lipinski definition) is 1. The molecule has 0 bridgehead atoms. The number of methoxy groups -OCH3 is 1. The van der Waals surface area contributed by atoms with Gasteiger partial charge in [0, 0.05) is 41.6 Å². The maximum atomic E-state index is 13.1. The van der Waals surface area contributed by atoms with Crippen LogP contribution in [0.1, 0.15) is 24.2 Å². The van der Waals surface area contributed by atoms with Gasteiger partial charge in [-0.25, -0.2) is 0 Å². The molecule has 0 saturated carbocycles. The number of rotatable bonds is 5. The van der Waals surface area contributed by atoms with Crippen LogP contribution in [0.5, 0.6) is 5.75 Å². The van der Waals surface area contributed by atoms with E-state index in [4.69, 9.17) is 16.3 Å². The molecule has 166 valence electrons. The highest BCUT2D eigenvalue weighted by Crippen LogP contribution is 2.35. The number of hydrogen-bond acceptors (Lipinski definition) is 4. The number of piperazine rings is 1. The molecule has 1 N–H and O–H groups in total. The first kappa shape index (κ1) is 23.9. The van der Waals surface area contributed by atoms with Crippen LogP contribution in [0.15, 0.2) is 39.3 Å². The van der Waals surface area contributed by atoms with Crippen LogP contribution in [-0.4, -0.2) is 50.0 Å². The fourth-order valence-electron chi connectivity index (χ4n) is 3.54. The van der Waals surface area contributed by atoms with Gasteiger partial charge in [0.25, 0.3) is 5.91 Å². The minimum absolute atomic E-state index is 0.0172. The van der Waals surface area contributed by atoms with Gasteiger partial charge < -0.3 is 19.9 Å². The van der Waals surface area contributed by atoms with Crippen molar-refractivity contribution in [3.05, 3.63) is 49.9 Å². The van der Waals surface area contributed by atoms with Crippen LogP contribution in [0.2, 0.25) is 5.02 Å². The molecule has 1 fully saturated rings. The Balaban J connectivity index is 1.84. The molecule has 1 saturated heterocycles. The fraction of sp³-hybridized carbons (Fsp3) is 0.364. The van der Waals surface area contributed by atoms with E-state index in [1.54, 1.807) is 18.2 Å². The smallest absolute Gasteiger partial charge is 0.259 e. The van der Waals surface area contributed by atoms with Gasteiger partial charge in [-0.2, -0.15) is 0 Å². The van der Waals surface area contributed by atoms with Crippen molar-refractivity contribution in [3.8, 4) is 5.75 Å². The maximum Gasteiger partial charge on any atom is 0.259 e. The fourth-order valence-corrected chi connectivity index (χ4v) is 5.10. The summed E-state index contributed by atoms with van der Waals surface area (Å²) in [6.07, 6.45) is 0. The Labute approximate surface area is 204 Å². The highest BCUT2D eigenvalue weighted by atomic mass is 79.9. The molecule has 9 heteroatoms. The summed E-state index contributed by atoms with van der Waals surface area (Å²) in [6, 6.07) is 8.96. The average Bonchev–Trinajstić information content (AvgIpc) is 2.73. The Morgan fingerprint density at radius 2 is 1.77 bits per heavy atom. The predicted molar refractivity (Wildman–Crippen MR) is 131 cm³/mol. The van der Waals surface area contributed by atoms with E-state index in [1.807, 2.05) is 30.9 Å². The van der Waals surface area contributed by atoms with Gasteiger partial charge in [0.15, 0.2) is 0 Å². The number of carbonyl (C=O) groups is 2. The summed E-state index contributed by atoms with van der Waals surface area (Å²) in [6.45, 7) is 6.45. The van der Waals surface area contributed by atoms with E-state index in [2.05, 4.69) is 42.1 Å². The molecular weight excluding hydrogens is 550 g/mol. The van der Waals surface area contributed by atoms with Crippen molar-refractivity contribution >= 4 is 66.6 Å². The maximum absolute atomic E-state index is 13.1. The van der Waals surface area contributed by atoms with Crippen LogP contribution in [0.25, 0.3) is 0 Å². The van der Waals surface area contributed by atoms with Crippen LogP contribution in [-0.2, 0) is 4.79 Å². The number of nitrogens with zero attached hydrogens (tertiary/aromatic N) is 2. The molecule has 31 heavy (non-hydrogen) atoms. The lowest BCUT2D eigenvalue weighted by atomic mass is 10.1. The van der Waals surface area contributed by atoms with Crippen LogP contribution in [0.3, 0.4) is 0 Å². The van der Waals surface area contributed by atoms with Crippen LogP contribution in [0.4, 0.5) is 11.4 Å². The van der Waals surface area contributed by atoms with Crippen molar-refractivity contribution in [1.82, 2.24) is 4.90 Å². The van der Waals surface area contributed by atoms with Crippen LogP contribution < -0.4 is 15.0 Å². The summed E-state index contributed by atoms with van der Waals surface area (Å²) < 4.78 is 6.84. The molecule has 0 aliphatic carbocycles. The quantitative estimate of drug-likeness (QED) is 0.518. The average molecular weight is 574 g/mol. The number of nitrogens with one attached hydrogen (secondary N) is 1. The third kappa shape index (κ3) is 5.54. The van der Waals surface area contributed by atoms with E-state index < -0.39 is 0 Å². The van der Waals surface area contributed by atoms with E-state index in [0.717, 1.165) is 10.2 Å². The molecule has 2 aromatic carbocycles. The number of amides is 2. The third-order valence-electron chi connectivity index (χ3n) is 5.09. The Kier molecular flexibility index (Phi) is 7.88. The molecule has 0 radical (unpaired) electrons. The number of halogens is 3. The summed E-state index contributed by atoms with van der Waals surface area (Å²) in [4.78, 5) is 29.4. The molecule has 0 atom stereocenters. The van der Waals surface area contributed by atoms with Gasteiger partial charge >= 0.3 is 0 Å². The Bertz CT molecular complexity index is 992. The Morgan fingerprint density at radius 3 is 2.39 bits per heavy atom. The molecular formula is C22H24Br2ClN3O3. The third-order valence-corrected chi connectivity index (χ3v) is 6.37. The topological polar surface area (TPSA) is 61.9 Å². The lowest BCUT2D eigenvalue weighted by Gasteiger charge is -2.37. The van der Waals surface area contributed by atoms with Crippen molar-refractivity contribution in [2.24, 2.45) is 5.92 Å². The predicted octanol–water partition coefficient (Wildman–Crippen LogP) is 5.43. The van der Waals surface area contributed by atoms with Gasteiger partial charge in [0.1, 0.15) is 5.75 Å².